The molecule has 0 radical (unpaired) electrons. The quantitative estimate of drug-likeness (QED) is 0.202. The minimum absolute atomic E-state index is 0.00738. The molecule has 0 aliphatic carbocycles. The van der Waals surface area contributed by atoms with Gasteiger partial charge in [0.1, 0.15) is 5.84 Å². The van der Waals surface area contributed by atoms with Crippen LogP contribution in [0.3, 0.4) is 0 Å². The van der Waals surface area contributed by atoms with Crippen LogP contribution in [0, 0.1) is 0 Å². The topological polar surface area (TPSA) is 174 Å². The fourth-order valence-electron chi connectivity index (χ4n) is 4.41. The van der Waals surface area contributed by atoms with E-state index in [1.165, 1.54) is 52.6 Å². The van der Waals surface area contributed by atoms with Gasteiger partial charge in [0.2, 0.25) is 15.9 Å². The lowest BCUT2D eigenvalue weighted by molar-refractivity contribution is -0.113. The summed E-state index contributed by atoms with van der Waals surface area (Å²) in [6, 6.07) is 12.3. The number of methoxy groups -OCH3 is 2. The van der Waals surface area contributed by atoms with E-state index in [0.29, 0.717) is 41.0 Å². The maximum absolute atomic E-state index is 13.0. The van der Waals surface area contributed by atoms with Crippen molar-refractivity contribution in [1.29, 1.82) is 0 Å². The molecule has 244 valence electrons. The molecule has 0 spiro atoms. The van der Waals surface area contributed by atoms with Gasteiger partial charge >= 0.3 is 0 Å². The SMILES string of the molecule is COC(Cn1c(SCC(=O)Nc2cccc(S(=O)(=O)NC3=NCCCCC3)c2)nnc1-c1cccc(S(=O)(=O)N(C)C)c1)OC. The minimum Gasteiger partial charge on any atom is -0.354 e. The van der Waals surface area contributed by atoms with E-state index in [1.807, 2.05) is 0 Å². The fraction of sp³-hybridized carbons (Fsp3) is 0.429. The Bertz CT molecular complexity index is 1740. The highest BCUT2D eigenvalue weighted by atomic mass is 32.2. The van der Waals surface area contributed by atoms with Crippen LogP contribution in [-0.2, 0) is 40.9 Å². The second-order valence-electron chi connectivity index (χ2n) is 10.2. The number of hydrogen-bond acceptors (Lipinski definition) is 11. The number of amidine groups is 1. The Morgan fingerprint density at radius 1 is 1.00 bits per heavy atom. The van der Waals surface area contributed by atoms with Crippen LogP contribution < -0.4 is 10.0 Å². The molecular weight excluding hydrogens is 643 g/mol. The summed E-state index contributed by atoms with van der Waals surface area (Å²) in [6.07, 6.45) is 2.68. The second kappa shape index (κ2) is 15.3. The Hall–Kier alpha value is -3.35. The monoisotopic (exact) mass is 679 g/mol. The molecule has 17 heteroatoms. The average molecular weight is 680 g/mol. The number of carbonyl (C=O) groups excluding carboxylic acids is 1. The number of sulfonamides is 2. The smallest absolute Gasteiger partial charge is 0.262 e. The van der Waals surface area contributed by atoms with Crippen LogP contribution in [-0.4, -0.2) is 94.6 Å². The molecule has 14 nitrogen and oxygen atoms in total. The molecule has 1 amide bonds. The van der Waals surface area contributed by atoms with Gasteiger partial charge in [0.05, 0.1) is 22.1 Å². The van der Waals surface area contributed by atoms with Gasteiger partial charge in [-0.25, -0.2) is 21.1 Å². The fourth-order valence-corrected chi connectivity index (χ4v) is 7.24. The van der Waals surface area contributed by atoms with Gasteiger partial charge in [-0.05, 0) is 43.2 Å². The van der Waals surface area contributed by atoms with Crippen molar-refractivity contribution in [3.8, 4) is 11.4 Å². The van der Waals surface area contributed by atoms with Crippen molar-refractivity contribution < 1.29 is 31.1 Å². The lowest BCUT2D eigenvalue weighted by Gasteiger charge is -2.17. The van der Waals surface area contributed by atoms with Crippen molar-refractivity contribution >= 4 is 49.2 Å². The average Bonchev–Trinajstić information content (AvgIpc) is 3.24. The number of benzene rings is 2. The molecule has 0 unspecified atom stereocenters. The summed E-state index contributed by atoms with van der Waals surface area (Å²) in [7, 11) is -1.71. The Labute approximate surface area is 267 Å². The standard InChI is InChI=1S/C28H37N7O7S3/c1-34(2)45(39,40)23-13-8-10-20(16-23)27-31-32-28(35(27)18-26(41-3)42-4)43-19-25(36)30-21-11-9-12-22(17-21)44(37,38)33-24-14-6-5-7-15-29-24/h8-13,16-17,26H,5-7,14-15,18-19H2,1-4H3,(H,29,33)(H,30,36). The molecule has 0 atom stereocenters. The molecule has 45 heavy (non-hydrogen) atoms. The Morgan fingerprint density at radius 3 is 2.47 bits per heavy atom. The first-order valence-electron chi connectivity index (χ1n) is 14.0. The zero-order valence-electron chi connectivity index (χ0n) is 25.5. The number of amides is 1. The van der Waals surface area contributed by atoms with E-state index in [-0.39, 0.29) is 22.1 Å². The molecule has 1 aliphatic rings. The van der Waals surface area contributed by atoms with Crippen molar-refractivity contribution in [2.45, 2.75) is 53.5 Å². The van der Waals surface area contributed by atoms with Gasteiger partial charge in [-0.1, -0.05) is 36.4 Å². The predicted molar refractivity (Wildman–Crippen MR) is 171 cm³/mol. The number of hydrogen-bond donors (Lipinski definition) is 2. The Balaban J connectivity index is 1.51. The van der Waals surface area contributed by atoms with E-state index >= 15 is 0 Å². The zero-order valence-corrected chi connectivity index (χ0v) is 27.9. The Kier molecular flexibility index (Phi) is 11.7. The summed E-state index contributed by atoms with van der Waals surface area (Å²) in [5, 5.41) is 11.6. The molecular formula is C28H37N7O7S3. The molecule has 2 aromatic carbocycles. The van der Waals surface area contributed by atoms with Gasteiger partial charge in [0.25, 0.3) is 10.0 Å². The number of rotatable bonds is 13. The van der Waals surface area contributed by atoms with Crippen LogP contribution in [0.5, 0.6) is 0 Å². The number of carbonyl (C=O) groups is 1. The van der Waals surface area contributed by atoms with Crippen LogP contribution in [0.2, 0.25) is 0 Å². The van der Waals surface area contributed by atoms with Crippen molar-refractivity contribution in [3.05, 3.63) is 48.5 Å². The third-order valence-electron chi connectivity index (χ3n) is 6.83. The number of aromatic nitrogens is 3. The van der Waals surface area contributed by atoms with E-state index in [0.717, 1.165) is 35.3 Å². The van der Waals surface area contributed by atoms with Gasteiger partial charge in [0, 0.05) is 52.5 Å². The molecule has 0 fully saturated rings. The summed E-state index contributed by atoms with van der Waals surface area (Å²) >= 11 is 1.10. The first kappa shape index (κ1) is 34.5. The molecule has 4 rings (SSSR count). The highest BCUT2D eigenvalue weighted by Crippen LogP contribution is 2.27. The van der Waals surface area contributed by atoms with E-state index in [9.17, 15) is 21.6 Å². The molecule has 0 saturated heterocycles. The zero-order chi connectivity index (χ0) is 32.6. The summed E-state index contributed by atoms with van der Waals surface area (Å²) in [5.41, 5.74) is 0.806. The molecule has 0 saturated carbocycles. The third-order valence-corrected chi connectivity index (χ3v) is 11.0. The van der Waals surface area contributed by atoms with Crippen molar-refractivity contribution in [3.63, 3.8) is 0 Å². The van der Waals surface area contributed by atoms with Crippen molar-refractivity contribution in [1.82, 2.24) is 23.8 Å². The van der Waals surface area contributed by atoms with E-state index < -0.39 is 32.2 Å². The first-order chi connectivity index (χ1) is 21.4. The summed E-state index contributed by atoms with van der Waals surface area (Å²) in [5.74, 6) is 0.318. The number of nitrogens with one attached hydrogen (secondary N) is 2. The molecule has 0 bridgehead atoms. The molecule has 2 N–H and O–H groups in total. The number of thioether (sulfide) groups is 1. The van der Waals surface area contributed by atoms with Crippen LogP contribution in [0.1, 0.15) is 25.7 Å². The number of ether oxygens (including phenoxy) is 2. The van der Waals surface area contributed by atoms with E-state index in [2.05, 4.69) is 25.2 Å². The normalized spacial score (nSPS) is 14.3. The van der Waals surface area contributed by atoms with E-state index in [1.54, 1.807) is 28.8 Å². The highest BCUT2D eigenvalue weighted by molar-refractivity contribution is 7.99. The molecule has 2 heterocycles. The van der Waals surface area contributed by atoms with Gasteiger partial charge in [-0.3, -0.25) is 19.1 Å². The molecule has 3 aromatic rings. The first-order valence-corrected chi connectivity index (χ1v) is 18.0. The predicted octanol–water partition coefficient (Wildman–Crippen LogP) is 2.80. The third kappa shape index (κ3) is 8.89. The highest BCUT2D eigenvalue weighted by Gasteiger charge is 2.23. The summed E-state index contributed by atoms with van der Waals surface area (Å²) in [4.78, 5) is 17.4. The second-order valence-corrected chi connectivity index (χ2v) is 15.0. The van der Waals surface area contributed by atoms with Crippen LogP contribution >= 0.6 is 11.8 Å². The van der Waals surface area contributed by atoms with Gasteiger partial charge < -0.3 is 14.8 Å². The Morgan fingerprint density at radius 2 is 1.73 bits per heavy atom. The summed E-state index contributed by atoms with van der Waals surface area (Å²) in [6.45, 7) is 0.741. The molecule has 1 aliphatic heterocycles. The lowest BCUT2D eigenvalue weighted by atomic mass is 10.2. The number of aliphatic imine (C=N–C) groups is 1. The lowest BCUT2D eigenvalue weighted by Crippen LogP contribution is -2.30. The van der Waals surface area contributed by atoms with Gasteiger partial charge in [-0.2, -0.15) is 0 Å². The largest absolute Gasteiger partial charge is 0.354 e. The number of nitrogens with zero attached hydrogens (tertiary/aromatic N) is 5. The van der Waals surface area contributed by atoms with Crippen LogP contribution in [0.25, 0.3) is 11.4 Å². The van der Waals surface area contributed by atoms with Gasteiger partial charge in [-0.15, -0.1) is 10.2 Å². The maximum Gasteiger partial charge on any atom is 0.262 e. The van der Waals surface area contributed by atoms with Crippen molar-refractivity contribution in [2.24, 2.45) is 4.99 Å². The minimum atomic E-state index is -3.88. The van der Waals surface area contributed by atoms with Crippen LogP contribution in [0.4, 0.5) is 5.69 Å². The molecule has 1 aromatic heterocycles. The van der Waals surface area contributed by atoms with Crippen LogP contribution in [0.15, 0.2) is 68.5 Å². The summed E-state index contributed by atoms with van der Waals surface area (Å²) < 4.78 is 67.6. The maximum atomic E-state index is 13.0. The van der Waals surface area contributed by atoms with Crippen molar-refractivity contribution in [2.75, 3.05) is 45.9 Å². The van der Waals surface area contributed by atoms with E-state index in [4.69, 9.17) is 9.47 Å². The van der Waals surface area contributed by atoms with Gasteiger partial charge in [0.15, 0.2) is 17.3 Å². The number of anilines is 1.